The number of nitrogens with one attached hydrogen (secondary N) is 1. The molecule has 0 bridgehead atoms. The topological polar surface area (TPSA) is 73.3 Å². The minimum Gasteiger partial charge on any atom is -0.454 e. The minimum absolute atomic E-state index is 0.106. The van der Waals surface area contributed by atoms with Crippen LogP contribution in [-0.2, 0) is 24.1 Å². The maximum Gasteiger partial charge on any atom is 0.231 e. The van der Waals surface area contributed by atoms with Crippen molar-refractivity contribution < 1.29 is 14.3 Å². The highest BCUT2D eigenvalue weighted by atomic mass is 32.1. The Labute approximate surface area is 154 Å². The molecule has 3 heterocycles. The van der Waals surface area contributed by atoms with Gasteiger partial charge in [0.05, 0.1) is 17.1 Å². The zero-order valence-corrected chi connectivity index (χ0v) is 14.8. The average Bonchev–Trinajstić information content (AvgIpc) is 3.29. The van der Waals surface area contributed by atoms with Gasteiger partial charge in [-0.3, -0.25) is 9.78 Å². The van der Waals surface area contributed by atoms with Crippen molar-refractivity contribution in [1.29, 1.82) is 0 Å². The Morgan fingerprint density at radius 2 is 2.04 bits per heavy atom. The Bertz CT molecular complexity index is 911. The van der Waals surface area contributed by atoms with E-state index in [1.807, 2.05) is 23.6 Å². The summed E-state index contributed by atoms with van der Waals surface area (Å²) in [5, 5.41) is 5.82. The van der Waals surface area contributed by atoms with Crippen LogP contribution in [0.1, 0.15) is 16.4 Å². The van der Waals surface area contributed by atoms with E-state index in [0.29, 0.717) is 17.2 Å². The SMILES string of the molecule is O=C(Cc1csc(CCc2ccccn2)n1)Nc1ccc2c(c1)OCO2. The third-order valence-electron chi connectivity index (χ3n) is 3.92. The monoisotopic (exact) mass is 367 g/mol. The highest BCUT2D eigenvalue weighted by molar-refractivity contribution is 7.09. The van der Waals surface area contributed by atoms with Crippen molar-refractivity contribution in [2.24, 2.45) is 0 Å². The molecule has 2 aromatic heterocycles. The van der Waals surface area contributed by atoms with Crippen LogP contribution in [0.5, 0.6) is 11.5 Å². The van der Waals surface area contributed by atoms with Crippen molar-refractivity contribution in [2.45, 2.75) is 19.3 Å². The van der Waals surface area contributed by atoms with Crippen molar-refractivity contribution in [3.05, 3.63) is 64.4 Å². The van der Waals surface area contributed by atoms with Crippen molar-refractivity contribution in [3.8, 4) is 11.5 Å². The molecule has 0 fully saturated rings. The fraction of sp³-hybridized carbons (Fsp3) is 0.211. The second-order valence-corrected chi connectivity index (χ2v) is 6.79. The maximum absolute atomic E-state index is 12.2. The van der Waals surface area contributed by atoms with Crippen molar-refractivity contribution in [2.75, 3.05) is 12.1 Å². The molecule has 1 aromatic carbocycles. The quantitative estimate of drug-likeness (QED) is 0.724. The van der Waals surface area contributed by atoms with Gasteiger partial charge in [-0.1, -0.05) is 6.07 Å². The molecule has 1 N–H and O–H groups in total. The van der Waals surface area contributed by atoms with Gasteiger partial charge < -0.3 is 14.8 Å². The number of anilines is 1. The number of carbonyl (C=O) groups is 1. The molecule has 0 radical (unpaired) electrons. The Kier molecular flexibility index (Phi) is 4.79. The fourth-order valence-electron chi connectivity index (χ4n) is 2.67. The summed E-state index contributed by atoms with van der Waals surface area (Å²) in [6.45, 7) is 0.215. The second kappa shape index (κ2) is 7.53. The Morgan fingerprint density at radius 3 is 2.92 bits per heavy atom. The second-order valence-electron chi connectivity index (χ2n) is 5.85. The summed E-state index contributed by atoms with van der Waals surface area (Å²) in [5.41, 5.74) is 2.51. The van der Waals surface area contributed by atoms with Gasteiger partial charge >= 0.3 is 0 Å². The number of fused-ring (bicyclic) bond motifs is 1. The number of hydrogen-bond acceptors (Lipinski definition) is 6. The van der Waals surface area contributed by atoms with Crippen LogP contribution in [0.2, 0.25) is 0 Å². The van der Waals surface area contributed by atoms with E-state index in [2.05, 4.69) is 15.3 Å². The van der Waals surface area contributed by atoms with Gasteiger partial charge in [0.2, 0.25) is 12.7 Å². The summed E-state index contributed by atoms with van der Waals surface area (Å²) < 4.78 is 10.6. The molecule has 0 saturated heterocycles. The predicted octanol–water partition coefficient (Wildman–Crippen LogP) is 3.23. The first kappa shape index (κ1) is 16.5. The lowest BCUT2D eigenvalue weighted by Gasteiger charge is -2.05. The zero-order chi connectivity index (χ0) is 17.8. The van der Waals surface area contributed by atoms with Gasteiger partial charge in [0.25, 0.3) is 0 Å². The van der Waals surface area contributed by atoms with E-state index in [0.717, 1.165) is 29.2 Å². The van der Waals surface area contributed by atoms with Crippen LogP contribution in [0.25, 0.3) is 0 Å². The lowest BCUT2D eigenvalue weighted by molar-refractivity contribution is -0.115. The van der Waals surface area contributed by atoms with E-state index in [1.54, 1.807) is 35.7 Å². The third kappa shape index (κ3) is 4.00. The van der Waals surface area contributed by atoms with Crippen molar-refractivity contribution in [1.82, 2.24) is 9.97 Å². The van der Waals surface area contributed by atoms with Gasteiger partial charge in [0.15, 0.2) is 11.5 Å². The molecule has 132 valence electrons. The number of rotatable bonds is 6. The Hall–Kier alpha value is -2.93. The van der Waals surface area contributed by atoms with E-state index >= 15 is 0 Å². The number of carbonyl (C=O) groups excluding carboxylic acids is 1. The molecule has 6 nitrogen and oxygen atoms in total. The molecule has 0 unspecified atom stereocenters. The molecular formula is C19H17N3O3S. The van der Waals surface area contributed by atoms with Crippen molar-refractivity contribution >= 4 is 22.9 Å². The number of hydrogen-bond donors (Lipinski definition) is 1. The molecular weight excluding hydrogens is 350 g/mol. The highest BCUT2D eigenvalue weighted by Crippen LogP contribution is 2.34. The molecule has 1 amide bonds. The van der Waals surface area contributed by atoms with Gasteiger partial charge in [-0.25, -0.2) is 4.98 Å². The molecule has 7 heteroatoms. The van der Waals surface area contributed by atoms with Crippen molar-refractivity contribution in [3.63, 3.8) is 0 Å². The summed E-state index contributed by atoms with van der Waals surface area (Å²) in [7, 11) is 0. The normalized spacial score (nSPS) is 12.2. The fourth-order valence-corrected chi connectivity index (χ4v) is 3.47. The largest absolute Gasteiger partial charge is 0.454 e. The van der Waals surface area contributed by atoms with Gasteiger partial charge in [-0.15, -0.1) is 11.3 Å². The molecule has 3 aromatic rings. The van der Waals surface area contributed by atoms with Crippen LogP contribution in [0, 0.1) is 0 Å². The molecule has 0 atom stereocenters. The lowest BCUT2D eigenvalue weighted by atomic mass is 10.2. The lowest BCUT2D eigenvalue weighted by Crippen LogP contribution is -2.14. The standard InChI is InChI=1S/C19H17N3O3S/c23-18(21-14-4-6-16-17(9-14)25-12-24-16)10-15-11-26-19(22-15)7-5-13-3-1-2-8-20-13/h1-4,6,8-9,11H,5,7,10,12H2,(H,21,23). The van der Waals surface area contributed by atoms with Crippen LogP contribution < -0.4 is 14.8 Å². The number of pyridine rings is 1. The molecule has 1 aliphatic heterocycles. The van der Waals surface area contributed by atoms with Gasteiger partial charge in [-0.05, 0) is 30.7 Å². The van der Waals surface area contributed by atoms with Crippen LogP contribution in [0.4, 0.5) is 5.69 Å². The van der Waals surface area contributed by atoms with E-state index < -0.39 is 0 Å². The van der Waals surface area contributed by atoms with E-state index in [9.17, 15) is 4.79 Å². The number of ether oxygens (including phenoxy) is 2. The molecule has 26 heavy (non-hydrogen) atoms. The van der Waals surface area contributed by atoms with E-state index in [4.69, 9.17) is 9.47 Å². The van der Waals surface area contributed by atoms with Gasteiger partial charge in [-0.2, -0.15) is 0 Å². The van der Waals surface area contributed by atoms with E-state index in [-0.39, 0.29) is 19.1 Å². The Morgan fingerprint density at radius 1 is 1.12 bits per heavy atom. The first-order chi connectivity index (χ1) is 12.8. The first-order valence-corrected chi connectivity index (χ1v) is 9.17. The smallest absolute Gasteiger partial charge is 0.231 e. The zero-order valence-electron chi connectivity index (χ0n) is 14.0. The molecule has 4 rings (SSSR count). The number of benzene rings is 1. The summed E-state index contributed by atoms with van der Waals surface area (Å²) in [6, 6.07) is 11.2. The van der Waals surface area contributed by atoms with E-state index in [1.165, 1.54) is 0 Å². The Balaban J connectivity index is 1.31. The number of aryl methyl sites for hydroxylation is 2. The molecule has 0 spiro atoms. The van der Waals surface area contributed by atoms with Gasteiger partial charge in [0.1, 0.15) is 0 Å². The number of nitrogens with zero attached hydrogens (tertiary/aromatic N) is 2. The van der Waals surface area contributed by atoms with Gasteiger partial charge in [0, 0.05) is 35.4 Å². The summed E-state index contributed by atoms with van der Waals surface area (Å²) in [5.74, 6) is 1.23. The third-order valence-corrected chi connectivity index (χ3v) is 4.88. The number of aromatic nitrogens is 2. The molecule has 1 aliphatic rings. The number of amides is 1. The van der Waals surface area contributed by atoms with Crippen LogP contribution >= 0.6 is 11.3 Å². The first-order valence-electron chi connectivity index (χ1n) is 8.29. The molecule has 0 aliphatic carbocycles. The summed E-state index contributed by atoms with van der Waals surface area (Å²) >= 11 is 1.58. The summed E-state index contributed by atoms with van der Waals surface area (Å²) in [4.78, 5) is 21.1. The predicted molar refractivity (Wildman–Crippen MR) is 98.7 cm³/mol. The van der Waals surface area contributed by atoms with Crippen LogP contribution in [0.15, 0.2) is 48.0 Å². The highest BCUT2D eigenvalue weighted by Gasteiger charge is 2.15. The minimum atomic E-state index is -0.106. The van der Waals surface area contributed by atoms with Crippen LogP contribution in [-0.4, -0.2) is 22.7 Å². The number of thiazole rings is 1. The average molecular weight is 367 g/mol. The summed E-state index contributed by atoms with van der Waals surface area (Å²) in [6.07, 6.45) is 3.71. The van der Waals surface area contributed by atoms with Crippen LogP contribution in [0.3, 0.4) is 0 Å². The maximum atomic E-state index is 12.2. The molecule has 0 saturated carbocycles.